The van der Waals surface area contributed by atoms with Crippen LogP contribution in [0.5, 0.6) is 5.75 Å². The lowest BCUT2D eigenvalue weighted by atomic mass is 10.1. The number of nitrogens with zero attached hydrogens (tertiary/aromatic N) is 1. The lowest BCUT2D eigenvalue weighted by molar-refractivity contribution is -0.149. The molecule has 3 nitrogen and oxygen atoms in total. The van der Waals surface area contributed by atoms with Crippen molar-refractivity contribution in [1.29, 1.82) is 0 Å². The van der Waals surface area contributed by atoms with Crippen LogP contribution in [0.3, 0.4) is 0 Å². The molecule has 0 aliphatic rings. The van der Waals surface area contributed by atoms with Crippen molar-refractivity contribution >= 4 is 5.91 Å². The van der Waals surface area contributed by atoms with Crippen molar-refractivity contribution in [2.45, 2.75) is 32.0 Å². The van der Waals surface area contributed by atoms with Crippen LogP contribution < -0.4 is 0 Å². The number of amides is 1. The first-order valence-corrected chi connectivity index (χ1v) is 5.82. The van der Waals surface area contributed by atoms with Gasteiger partial charge in [-0.15, -0.1) is 0 Å². The Kier molecular flexibility index (Phi) is 4.80. The summed E-state index contributed by atoms with van der Waals surface area (Å²) >= 11 is 0. The minimum atomic E-state index is -4.34. The number of halogens is 3. The molecule has 1 aromatic carbocycles. The Bertz CT molecular complexity index is 446. The average molecular weight is 275 g/mol. The van der Waals surface area contributed by atoms with Gasteiger partial charge in [0.15, 0.2) is 0 Å². The monoisotopic (exact) mass is 275 g/mol. The first-order valence-electron chi connectivity index (χ1n) is 5.82. The molecular weight excluding hydrogens is 259 g/mol. The SMILES string of the molecule is CC(c1ccccc1O)N(C)C(=O)CCC(F)(F)F. The second-order valence-corrected chi connectivity index (χ2v) is 4.35. The molecule has 106 valence electrons. The number of phenols is 1. The number of phenolic OH excluding ortho intramolecular Hbond substituents is 1. The zero-order chi connectivity index (χ0) is 14.6. The van der Waals surface area contributed by atoms with E-state index in [1.807, 2.05) is 0 Å². The van der Waals surface area contributed by atoms with E-state index < -0.39 is 31.0 Å². The van der Waals surface area contributed by atoms with E-state index >= 15 is 0 Å². The molecule has 0 bridgehead atoms. The first kappa shape index (κ1) is 15.3. The first-order chi connectivity index (χ1) is 8.72. The Morgan fingerprint density at radius 1 is 1.37 bits per heavy atom. The molecule has 1 unspecified atom stereocenters. The zero-order valence-electron chi connectivity index (χ0n) is 10.7. The third kappa shape index (κ3) is 4.46. The molecule has 0 aliphatic heterocycles. The van der Waals surface area contributed by atoms with Crippen LogP contribution in [0, 0.1) is 0 Å². The molecule has 0 saturated carbocycles. The molecule has 0 fully saturated rings. The van der Waals surface area contributed by atoms with Crippen molar-refractivity contribution in [3.8, 4) is 5.75 Å². The summed E-state index contributed by atoms with van der Waals surface area (Å²) in [5.41, 5.74) is 0.505. The predicted octanol–water partition coefficient (Wildman–Crippen LogP) is 3.25. The summed E-state index contributed by atoms with van der Waals surface area (Å²) in [6.07, 6.45) is -6.06. The number of rotatable bonds is 4. The number of hydrogen-bond donors (Lipinski definition) is 1. The van der Waals surface area contributed by atoms with E-state index in [0.717, 1.165) is 0 Å². The Morgan fingerprint density at radius 3 is 2.47 bits per heavy atom. The summed E-state index contributed by atoms with van der Waals surface area (Å²) in [4.78, 5) is 12.9. The van der Waals surface area contributed by atoms with Gasteiger partial charge in [0.1, 0.15) is 5.75 Å². The number of hydrogen-bond acceptors (Lipinski definition) is 2. The quantitative estimate of drug-likeness (QED) is 0.916. The highest BCUT2D eigenvalue weighted by atomic mass is 19.4. The largest absolute Gasteiger partial charge is 0.508 e. The number of carbonyl (C=O) groups excluding carboxylic acids is 1. The minimum absolute atomic E-state index is 0.0190. The van der Waals surface area contributed by atoms with Crippen LogP contribution in [-0.4, -0.2) is 29.1 Å². The van der Waals surface area contributed by atoms with Crippen molar-refractivity contribution in [1.82, 2.24) is 4.90 Å². The van der Waals surface area contributed by atoms with Crippen molar-refractivity contribution in [2.24, 2.45) is 0 Å². The smallest absolute Gasteiger partial charge is 0.389 e. The van der Waals surface area contributed by atoms with E-state index in [2.05, 4.69) is 0 Å². The van der Waals surface area contributed by atoms with E-state index in [4.69, 9.17) is 0 Å². The molecule has 1 atom stereocenters. The van der Waals surface area contributed by atoms with Crippen molar-refractivity contribution in [2.75, 3.05) is 7.05 Å². The van der Waals surface area contributed by atoms with Gasteiger partial charge in [-0.05, 0) is 13.0 Å². The van der Waals surface area contributed by atoms with Crippen LogP contribution in [0.1, 0.15) is 31.4 Å². The summed E-state index contributed by atoms with van der Waals surface area (Å²) in [5.74, 6) is -0.585. The molecule has 0 aliphatic carbocycles. The lowest BCUT2D eigenvalue weighted by Crippen LogP contribution is -2.30. The van der Waals surface area contributed by atoms with Gasteiger partial charge in [0.2, 0.25) is 5.91 Å². The van der Waals surface area contributed by atoms with Crippen LogP contribution in [0.15, 0.2) is 24.3 Å². The van der Waals surface area contributed by atoms with Crippen LogP contribution in [-0.2, 0) is 4.79 Å². The average Bonchev–Trinajstić information content (AvgIpc) is 2.34. The summed E-state index contributed by atoms with van der Waals surface area (Å²) < 4.78 is 36.2. The van der Waals surface area contributed by atoms with Gasteiger partial charge in [-0.25, -0.2) is 0 Å². The maximum absolute atomic E-state index is 12.1. The summed E-state index contributed by atoms with van der Waals surface area (Å²) in [7, 11) is 1.43. The number of para-hydroxylation sites is 1. The molecule has 1 rings (SSSR count). The van der Waals surface area contributed by atoms with E-state index in [9.17, 15) is 23.1 Å². The molecule has 0 aromatic heterocycles. The Balaban J connectivity index is 2.69. The number of aromatic hydroxyl groups is 1. The second kappa shape index (κ2) is 5.95. The van der Waals surface area contributed by atoms with Gasteiger partial charge in [-0.3, -0.25) is 4.79 Å². The van der Waals surface area contributed by atoms with E-state index in [0.29, 0.717) is 5.56 Å². The standard InChI is InChI=1S/C13H16F3NO2/c1-9(10-5-3-4-6-11(10)18)17(2)12(19)7-8-13(14,15)16/h3-6,9,18H,7-8H2,1-2H3. The Morgan fingerprint density at radius 2 is 1.95 bits per heavy atom. The van der Waals surface area contributed by atoms with Gasteiger partial charge in [0, 0.05) is 19.0 Å². The Hall–Kier alpha value is -1.72. The van der Waals surface area contributed by atoms with Gasteiger partial charge in [-0.1, -0.05) is 18.2 Å². The Labute approximate surface area is 109 Å². The van der Waals surface area contributed by atoms with Crippen LogP contribution in [0.4, 0.5) is 13.2 Å². The maximum atomic E-state index is 12.1. The van der Waals surface area contributed by atoms with Gasteiger partial charge in [-0.2, -0.15) is 13.2 Å². The zero-order valence-corrected chi connectivity index (χ0v) is 10.7. The number of alkyl halides is 3. The molecule has 1 N–H and O–H groups in total. The summed E-state index contributed by atoms with van der Waals surface area (Å²) in [5, 5.41) is 9.65. The molecule has 19 heavy (non-hydrogen) atoms. The number of benzene rings is 1. The third-order valence-electron chi connectivity index (χ3n) is 2.98. The fraction of sp³-hybridized carbons (Fsp3) is 0.462. The van der Waals surface area contributed by atoms with Crippen molar-refractivity contribution in [3.05, 3.63) is 29.8 Å². The highest BCUT2D eigenvalue weighted by Gasteiger charge is 2.29. The van der Waals surface area contributed by atoms with Gasteiger partial charge < -0.3 is 10.0 Å². The van der Waals surface area contributed by atoms with Crippen molar-refractivity contribution in [3.63, 3.8) is 0 Å². The summed E-state index contributed by atoms with van der Waals surface area (Å²) in [6.45, 7) is 1.65. The van der Waals surface area contributed by atoms with E-state index in [-0.39, 0.29) is 5.75 Å². The van der Waals surface area contributed by atoms with Crippen LogP contribution >= 0.6 is 0 Å². The van der Waals surface area contributed by atoms with Gasteiger partial charge in [0.25, 0.3) is 0 Å². The topological polar surface area (TPSA) is 40.5 Å². The lowest BCUT2D eigenvalue weighted by Gasteiger charge is -2.26. The predicted molar refractivity (Wildman–Crippen MR) is 64.6 cm³/mol. The molecule has 1 aromatic rings. The van der Waals surface area contributed by atoms with Gasteiger partial charge in [0.05, 0.1) is 12.5 Å². The van der Waals surface area contributed by atoms with Crippen LogP contribution in [0.25, 0.3) is 0 Å². The summed E-state index contributed by atoms with van der Waals surface area (Å²) in [6, 6.07) is 5.95. The molecule has 0 heterocycles. The van der Waals surface area contributed by atoms with Crippen molar-refractivity contribution < 1.29 is 23.1 Å². The van der Waals surface area contributed by atoms with Gasteiger partial charge >= 0.3 is 6.18 Å². The fourth-order valence-corrected chi connectivity index (χ4v) is 1.69. The van der Waals surface area contributed by atoms with Crippen LogP contribution in [0.2, 0.25) is 0 Å². The second-order valence-electron chi connectivity index (χ2n) is 4.35. The molecule has 0 radical (unpaired) electrons. The molecule has 0 spiro atoms. The highest BCUT2D eigenvalue weighted by Crippen LogP contribution is 2.28. The molecular formula is C13H16F3NO2. The molecule has 6 heteroatoms. The van der Waals surface area contributed by atoms with E-state index in [1.54, 1.807) is 25.1 Å². The minimum Gasteiger partial charge on any atom is -0.508 e. The normalized spacial score (nSPS) is 13.1. The fourth-order valence-electron chi connectivity index (χ4n) is 1.69. The maximum Gasteiger partial charge on any atom is 0.389 e. The van der Waals surface area contributed by atoms with E-state index in [1.165, 1.54) is 18.0 Å². The molecule has 1 amide bonds. The number of carbonyl (C=O) groups is 1. The third-order valence-corrected chi connectivity index (χ3v) is 2.98. The molecule has 0 saturated heterocycles. The highest BCUT2D eigenvalue weighted by molar-refractivity contribution is 5.76.